The van der Waals surface area contributed by atoms with Gasteiger partial charge in [-0.3, -0.25) is 4.55 Å². The average Bonchev–Trinajstić information content (AvgIpc) is 2.27. The molecule has 0 radical (unpaired) electrons. The van der Waals surface area contributed by atoms with Crippen molar-refractivity contribution in [1.29, 1.82) is 0 Å². The van der Waals surface area contributed by atoms with Crippen LogP contribution >= 0.6 is 0 Å². The number of hydrogen-bond donors (Lipinski definition) is 3. The van der Waals surface area contributed by atoms with E-state index in [0.717, 1.165) is 11.1 Å². The van der Waals surface area contributed by atoms with Gasteiger partial charge in [0.05, 0.1) is 11.4 Å². The van der Waals surface area contributed by atoms with Crippen LogP contribution in [0.2, 0.25) is 0 Å². The van der Waals surface area contributed by atoms with Gasteiger partial charge in [-0.15, -0.1) is 0 Å². The molecule has 0 aliphatic heterocycles. The smallest absolute Gasteiger partial charge is 0.268 e. The van der Waals surface area contributed by atoms with Crippen molar-refractivity contribution in [1.82, 2.24) is 5.32 Å². The SMILES string of the molecule is CNC1C=CC2=C(C1)CC(S(=O)(=O)O)CC2O. The zero-order valence-corrected chi connectivity index (χ0v) is 10.4. The molecule has 0 aromatic rings. The summed E-state index contributed by atoms with van der Waals surface area (Å²) < 4.78 is 31.4. The Labute approximate surface area is 101 Å². The van der Waals surface area contributed by atoms with E-state index < -0.39 is 21.5 Å². The van der Waals surface area contributed by atoms with Gasteiger partial charge in [0.1, 0.15) is 0 Å². The summed E-state index contributed by atoms with van der Waals surface area (Å²) in [6.07, 6.45) is 4.10. The summed E-state index contributed by atoms with van der Waals surface area (Å²) in [4.78, 5) is 0. The molecule has 0 heterocycles. The normalized spacial score (nSPS) is 33.7. The Balaban J connectivity index is 2.26. The molecule has 0 bridgehead atoms. The maximum Gasteiger partial charge on any atom is 0.268 e. The summed E-state index contributed by atoms with van der Waals surface area (Å²) in [5.74, 6) is 0. The number of hydrogen-bond acceptors (Lipinski definition) is 4. The largest absolute Gasteiger partial charge is 0.388 e. The average molecular weight is 259 g/mol. The standard InChI is InChI=1S/C11H17NO4S/c1-12-8-2-3-10-7(4-8)5-9(6-11(10)13)17(14,15)16/h2-3,8-9,11-13H,4-6H2,1H3,(H,14,15,16). The van der Waals surface area contributed by atoms with Crippen LogP contribution in [0.25, 0.3) is 0 Å². The Morgan fingerprint density at radius 3 is 2.71 bits per heavy atom. The van der Waals surface area contributed by atoms with Crippen molar-refractivity contribution >= 4 is 10.1 Å². The molecule has 0 fully saturated rings. The number of rotatable bonds is 2. The molecule has 0 aromatic carbocycles. The zero-order valence-electron chi connectivity index (χ0n) is 9.63. The molecule has 3 unspecified atom stereocenters. The van der Waals surface area contributed by atoms with Gasteiger partial charge in [0, 0.05) is 6.04 Å². The Bertz CT molecular complexity index is 466. The Morgan fingerprint density at radius 1 is 1.41 bits per heavy atom. The Morgan fingerprint density at radius 2 is 2.12 bits per heavy atom. The minimum Gasteiger partial charge on any atom is -0.388 e. The first-order valence-corrected chi connectivity index (χ1v) is 7.14. The van der Waals surface area contributed by atoms with Crippen molar-refractivity contribution in [3.05, 3.63) is 23.3 Å². The molecule has 2 aliphatic carbocycles. The molecule has 3 atom stereocenters. The van der Waals surface area contributed by atoms with Crippen LogP contribution in [-0.2, 0) is 10.1 Å². The second kappa shape index (κ2) is 4.53. The highest BCUT2D eigenvalue weighted by molar-refractivity contribution is 7.86. The zero-order chi connectivity index (χ0) is 12.6. The molecular weight excluding hydrogens is 242 g/mol. The second-order valence-electron chi connectivity index (χ2n) is 4.61. The molecule has 0 aromatic heterocycles. The van der Waals surface area contributed by atoms with Gasteiger partial charge in [0.2, 0.25) is 0 Å². The molecule has 3 N–H and O–H groups in total. The first-order chi connectivity index (χ1) is 7.91. The third kappa shape index (κ3) is 2.60. The van der Waals surface area contributed by atoms with Gasteiger partial charge >= 0.3 is 0 Å². The van der Waals surface area contributed by atoms with Crippen molar-refractivity contribution in [3.63, 3.8) is 0 Å². The lowest BCUT2D eigenvalue weighted by atomic mass is 9.82. The van der Waals surface area contributed by atoms with Crippen LogP contribution < -0.4 is 5.32 Å². The predicted octanol–water partition coefficient (Wildman–Crippen LogP) is 0.242. The minimum atomic E-state index is -4.07. The highest BCUT2D eigenvalue weighted by Gasteiger charge is 2.35. The molecule has 5 nitrogen and oxygen atoms in total. The fraction of sp³-hybridized carbons (Fsp3) is 0.636. The summed E-state index contributed by atoms with van der Waals surface area (Å²) in [6, 6.07) is 0.168. The molecule has 0 amide bonds. The molecule has 6 heteroatoms. The van der Waals surface area contributed by atoms with Gasteiger partial charge in [-0.1, -0.05) is 17.7 Å². The van der Waals surface area contributed by atoms with Gasteiger partial charge in [-0.2, -0.15) is 8.42 Å². The second-order valence-corrected chi connectivity index (χ2v) is 6.31. The van der Waals surface area contributed by atoms with E-state index in [1.807, 2.05) is 19.2 Å². The molecule has 0 saturated carbocycles. The number of nitrogens with one attached hydrogen (secondary N) is 1. The van der Waals surface area contributed by atoms with Crippen LogP contribution in [0, 0.1) is 0 Å². The summed E-state index contributed by atoms with van der Waals surface area (Å²) in [7, 11) is -2.24. The first-order valence-electron chi connectivity index (χ1n) is 5.63. The van der Waals surface area contributed by atoms with Crippen molar-refractivity contribution in [2.45, 2.75) is 36.7 Å². The number of aliphatic hydroxyl groups is 1. The molecule has 2 rings (SSSR count). The van der Waals surface area contributed by atoms with E-state index in [9.17, 15) is 13.5 Å². The minimum absolute atomic E-state index is 0.0756. The van der Waals surface area contributed by atoms with Crippen LogP contribution in [0.15, 0.2) is 23.3 Å². The summed E-state index contributed by atoms with van der Waals surface area (Å²) in [6.45, 7) is 0. The fourth-order valence-electron chi connectivity index (χ4n) is 2.50. The molecule has 0 saturated heterocycles. The molecule has 2 aliphatic rings. The lowest BCUT2D eigenvalue weighted by Crippen LogP contribution is -2.36. The fourth-order valence-corrected chi connectivity index (χ4v) is 3.33. The van der Waals surface area contributed by atoms with Gasteiger partial charge in [-0.05, 0) is 31.9 Å². The van der Waals surface area contributed by atoms with E-state index in [1.165, 1.54) is 0 Å². The van der Waals surface area contributed by atoms with Crippen LogP contribution in [0.4, 0.5) is 0 Å². The molecule has 0 spiro atoms. The van der Waals surface area contributed by atoms with E-state index in [0.29, 0.717) is 12.8 Å². The van der Waals surface area contributed by atoms with Gasteiger partial charge in [0.15, 0.2) is 0 Å². The lowest BCUT2D eigenvalue weighted by molar-refractivity contribution is 0.190. The molecule has 96 valence electrons. The van der Waals surface area contributed by atoms with E-state index in [1.54, 1.807) is 0 Å². The Hall–Kier alpha value is -0.690. The Kier molecular flexibility index (Phi) is 3.40. The third-order valence-corrected chi connectivity index (χ3v) is 4.70. The summed E-state index contributed by atoms with van der Waals surface area (Å²) in [5.41, 5.74) is 1.74. The monoisotopic (exact) mass is 259 g/mol. The van der Waals surface area contributed by atoms with Gasteiger partial charge in [-0.25, -0.2) is 0 Å². The predicted molar refractivity (Wildman–Crippen MR) is 64.2 cm³/mol. The van der Waals surface area contributed by atoms with Crippen molar-refractivity contribution in [2.75, 3.05) is 7.05 Å². The summed E-state index contributed by atoms with van der Waals surface area (Å²) in [5, 5.41) is 12.1. The number of aliphatic hydroxyl groups excluding tert-OH is 1. The topological polar surface area (TPSA) is 86.6 Å². The molecular formula is C11H17NO4S. The van der Waals surface area contributed by atoms with E-state index >= 15 is 0 Å². The third-order valence-electron chi connectivity index (χ3n) is 3.49. The van der Waals surface area contributed by atoms with Crippen molar-refractivity contribution in [2.24, 2.45) is 0 Å². The lowest BCUT2D eigenvalue weighted by Gasteiger charge is -2.32. The highest BCUT2D eigenvalue weighted by atomic mass is 32.2. The van der Waals surface area contributed by atoms with Crippen LogP contribution in [0.3, 0.4) is 0 Å². The van der Waals surface area contributed by atoms with Crippen molar-refractivity contribution in [3.8, 4) is 0 Å². The number of likely N-dealkylation sites (N-methyl/N-ethyl adjacent to an activating group) is 1. The highest BCUT2D eigenvalue weighted by Crippen LogP contribution is 2.34. The van der Waals surface area contributed by atoms with E-state index in [2.05, 4.69) is 5.32 Å². The summed E-state index contributed by atoms with van der Waals surface area (Å²) >= 11 is 0. The first kappa shape index (κ1) is 12.8. The van der Waals surface area contributed by atoms with Crippen molar-refractivity contribution < 1.29 is 18.1 Å². The van der Waals surface area contributed by atoms with Crippen LogP contribution in [0.1, 0.15) is 19.3 Å². The van der Waals surface area contributed by atoms with Gasteiger partial charge in [0.25, 0.3) is 10.1 Å². The maximum atomic E-state index is 11.1. The maximum absolute atomic E-state index is 11.1. The van der Waals surface area contributed by atoms with E-state index in [4.69, 9.17) is 4.55 Å². The van der Waals surface area contributed by atoms with Crippen LogP contribution in [-0.4, -0.2) is 42.5 Å². The quantitative estimate of drug-likeness (QED) is 0.619. The van der Waals surface area contributed by atoms with Gasteiger partial charge < -0.3 is 10.4 Å². The van der Waals surface area contributed by atoms with Crippen LogP contribution in [0.5, 0.6) is 0 Å². The van der Waals surface area contributed by atoms with E-state index in [-0.39, 0.29) is 12.5 Å². The molecule has 17 heavy (non-hydrogen) atoms.